The summed E-state index contributed by atoms with van der Waals surface area (Å²) in [6.07, 6.45) is 7.01. The van der Waals surface area contributed by atoms with E-state index in [0.29, 0.717) is 6.54 Å². The zero-order valence-corrected chi connectivity index (χ0v) is 15.2. The lowest BCUT2D eigenvalue weighted by atomic mass is 9.74. The average molecular weight is 346 g/mol. The first kappa shape index (κ1) is 18.7. The van der Waals surface area contributed by atoms with Crippen LogP contribution < -0.4 is 11.1 Å². The monoisotopic (exact) mass is 345 g/mol. The van der Waals surface area contributed by atoms with Crippen molar-refractivity contribution in [2.24, 2.45) is 11.7 Å². The number of rotatable bonds is 5. The van der Waals surface area contributed by atoms with Gasteiger partial charge in [0.15, 0.2) is 0 Å². The van der Waals surface area contributed by atoms with Gasteiger partial charge < -0.3 is 16.0 Å². The molecule has 2 atom stereocenters. The minimum absolute atomic E-state index is 0.0838. The predicted octanol–water partition coefficient (Wildman–Crippen LogP) is 0.519. The Morgan fingerprint density at radius 2 is 1.91 bits per heavy atom. The van der Waals surface area contributed by atoms with Crippen molar-refractivity contribution in [2.75, 3.05) is 31.6 Å². The Labute approximate surface area is 140 Å². The number of sulfone groups is 1. The minimum Gasteiger partial charge on any atom is -0.353 e. The molecule has 134 valence electrons. The van der Waals surface area contributed by atoms with Crippen LogP contribution in [0.5, 0.6) is 0 Å². The Balaban J connectivity index is 1.76. The first-order valence-electron chi connectivity index (χ1n) is 8.67. The summed E-state index contributed by atoms with van der Waals surface area (Å²) in [6, 6.07) is 0.190. The molecule has 2 rings (SSSR count). The smallest absolute Gasteiger partial charge is 0.225 e. The molecule has 1 aliphatic heterocycles. The van der Waals surface area contributed by atoms with Crippen LogP contribution in [0.4, 0.5) is 0 Å². The molecule has 2 aliphatic rings. The lowest BCUT2D eigenvalue weighted by Gasteiger charge is -2.39. The number of piperidine rings is 1. The molecule has 0 radical (unpaired) electrons. The van der Waals surface area contributed by atoms with E-state index in [0.717, 1.165) is 51.6 Å². The van der Waals surface area contributed by atoms with E-state index < -0.39 is 15.4 Å². The van der Waals surface area contributed by atoms with Crippen LogP contribution in [-0.4, -0.2) is 62.4 Å². The zero-order valence-electron chi connectivity index (χ0n) is 14.4. The lowest BCUT2D eigenvalue weighted by Crippen LogP contribution is -2.55. The molecule has 0 bridgehead atoms. The molecule has 1 heterocycles. The van der Waals surface area contributed by atoms with E-state index in [9.17, 15) is 13.2 Å². The molecule has 7 heteroatoms. The summed E-state index contributed by atoms with van der Waals surface area (Å²) in [5, 5.41) is 3.17. The van der Waals surface area contributed by atoms with Gasteiger partial charge >= 0.3 is 0 Å². The molecule has 6 nitrogen and oxygen atoms in total. The molecule has 1 saturated heterocycles. The highest BCUT2D eigenvalue weighted by atomic mass is 32.2. The van der Waals surface area contributed by atoms with Crippen LogP contribution in [0.2, 0.25) is 0 Å². The van der Waals surface area contributed by atoms with Crippen molar-refractivity contribution in [3.05, 3.63) is 0 Å². The third kappa shape index (κ3) is 5.72. The van der Waals surface area contributed by atoms with Gasteiger partial charge in [-0.25, -0.2) is 8.42 Å². The molecule has 2 fully saturated rings. The van der Waals surface area contributed by atoms with Crippen LogP contribution in [0.15, 0.2) is 0 Å². The fourth-order valence-electron chi connectivity index (χ4n) is 3.69. The van der Waals surface area contributed by atoms with Crippen LogP contribution in [0, 0.1) is 5.92 Å². The van der Waals surface area contributed by atoms with Crippen molar-refractivity contribution < 1.29 is 13.2 Å². The molecule has 1 aliphatic carbocycles. The molecule has 1 saturated carbocycles. The van der Waals surface area contributed by atoms with Crippen molar-refractivity contribution in [1.82, 2.24) is 10.2 Å². The van der Waals surface area contributed by atoms with Gasteiger partial charge in [0.25, 0.3) is 0 Å². The largest absolute Gasteiger partial charge is 0.353 e. The highest BCUT2D eigenvalue weighted by molar-refractivity contribution is 7.90. The molecule has 3 N–H and O–H groups in total. The Morgan fingerprint density at radius 1 is 1.26 bits per heavy atom. The summed E-state index contributed by atoms with van der Waals surface area (Å²) >= 11 is 0. The van der Waals surface area contributed by atoms with Crippen LogP contribution >= 0.6 is 0 Å². The van der Waals surface area contributed by atoms with E-state index in [1.807, 2.05) is 6.92 Å². The molecule has 0 aromatic carbocycles. The topological polar surface area (TPSA) is 92.5 Å². The fraction of sp³-hybridized carbons (Fsp3) is 0.938. The molecular formula is C16H31N3O3S. The summed E-state index contributed by atoms with van der Waals surface area (Å²) < 4.78 is 22.4. The first-order chi connectivity index (χ1) is 10.7. The predicted molar refractivity (Wildman–Crippen MR) is 91.9 cm³/mol. The van der Waals surface area contributed by atoms with Crippen LogP contribution in [0.1, 0.15) is 45.4 Å². The number of carbonyl (C=O) groups is 1. The SMILES string of the molecule is CC1(N)CCCCC1C(=O)NC1CCN(CCS(C)(=O)=O)CC1. The average Bonchev–Trinajstić information content (AvgIpc) is 2.45. The third-order valence-corrected chi connectivity index (χ3v) is 6.21. The van der Waals surface area contributed by atoms with Gasteiger partial charge in [-0.2, -0.15) is 0 Å². The maximum atomic E-state index is 12.5. The van der Waals surface area contributed by atoms with Crippen molar-refractivity contribution in [2.45, 2.75) is 57.0 Å². The quantitative estimate of drug-likeness (QED) is 0.758. The van der Waals surface area contributed by atoms with Gasteiger partial charge in [0, 0.05) is 37.5 Å². The Morgan fingerprint density at radius 3 is 2.48 bits per heavy atom. The lowest BCUT2D eigenvalue weighted by molar-refractivity contribution is -0.129. The van der Waals surface area contributed by atoms with Crippen molar-refractivity contribution >= 4 is 15.7 Å². The Kier molecular flexibility index (Phi) is 6.08. The molecule has 23 heavy (non-hydrogen) atoms. The highest BCUT2D eigenvalue weighted by Gasteiger charge is 2.38. The highest BCUT2D eigenvalue weighted by Crippen LogP contribution is 2.31. The van der Waals surface area contributed by atoms with Gasteiger partial charge in [0.05, 0.1) is 11.7 Å². The number of nitrogens with two attached hydrogens (primary N) is 1. The number of likely N-dealkylation sites (tertiary alicyclic amines) is 1. The summed E-state index contributed by atoms with van der Waals surface area (Å²) in [5.74, 6) is 0.223. The van der Waals surface area contributed by atoms with Crippen LogP contribution in [0.25, 0.3) is 0 Å². The molecule has 0 aromatic rings. The number of hydrogen-bond acceptors (Lipinski definition) is 5. The first-order valence-corrected chi connectivity index (χ1v) is 10.7. The number of amides is 1. The summed E-state index contributed by atoms with van der Waals surface area (Å²) in [5.41, 5.74) is 5.91. The number of hydrogen-bond donors (Lipinski definition) is 2. The Bertz CT molecular complexity index is 511. The molecular weight excluding hydrogens is 314 g/mol. The normalized spacial score (nSPS) is 31.0. The molecule has 0 spiro atoms. The van der Waals surface area contributed by atoms with Gasteiger partial charge in [-0.3, -0.25) is 4.79 Å². The second-order valence-electron chi connectivity index (χ2n) is 7.56. The van der Waals surface area contributed by atoms with Crippen LogP contribution in [-0.2, 0) is 14.6 Å². The van der Waals surface area contributed by atoms with E-state index in [1.165, 1.54) is 6.26 Å². The molecule has 2 unspecified atom stereocenters. The minimum atomic E-state index is -2.91. The van der Waals surface area contributed by atoms with E-state index in [-0.39, 0.29) is 23.6 Å². The standard InChI is InChI=1S/C16H31N3O3S/c1-16(17)8-4-3-5-14(16)15(20)18-13-6-9-19(10-7-13)11-12-23(2,21)22/h13-14H,3-12,17H2,1-2H3,(H,18,20). The number of nitrogens with one attached hydrogen (secondary N) is 1. The van der Waals surface area contributed by atoms with Crippen molar-refractivity contribution in [3.8, 4) is 0 Å². The van der Waals surface area contributed by atoms with E-state index in [2.05, 4.69) is 10.2 Å². The maximum Gasteiger partial charge on any atom is 0.225 e. The number of nitrogens with zero attached hydrogens (tertiary/aromatic N) is 1. The third-order valence-electron chi connectivity index (χ3n) is 5.28. The summed E-state index contributed by atoms with van der Waals surface area (Å²) in [7, 11) is -2.91. The summed E-state index contributed by atoms with van der Waals surface area (Å²) in [4.78, 5) is 14.7. The van der Waals surface area contributed by atoms with Gasteiger partial charge in [-0.05, 0) is 32.6 Å². The second kappa shape index (κ2) is 7.49. The zero-order chi connectivity index (χ0) is 17.1. The molecule has 0 aromatic heterocycles. The van der Waals surface area contributed by atoms with Gasteiger partial charge in [0.2, 0.25) is 5.91 Å². The van der Waals surface area contributed by atoms with E-state index in [1.54, 1.807) is 0 Å². The number of carbonyl (C=O) groups excluding carboxylic acids is 1. The second-order valence-corrected chi connectivity index (χ2v) is 9.82. The van der Waals surface area contributed by atoms with E-state index in [4.69, 9.17) is 5.73 Å². The van der Waals surface area contributed by atoms with Gasteiger partial charge in [-0.1, -0.05) is 12.8 Å². The summed E-state index contributed by atoms with van der Waals surface area (Å²) in [6.45, 7) is 4.25. The van der Waals surface area contributed by atoms with Gasteiger partial charge in [0.1, 0.15) is 9.84 Å². The van der Waals surface area contributed by atoms with Crippen molar-refractivity contribution in [1.29, 1.82) is 0 Å². The Hall–Kier alpha value is -0.660. The van der Waals surface area contributed by atoms with Crippen molar-refractivity contribution in [3.63, 3.8) is 0 Å². The van der Waals surface area contributed by atoms with E-state index >= 15 is 0 Å². The van der Waals surface area contributed by atoms with Gasteiger partial charge in [-0.15, -0.1) is 0 Å². The molecule has 1 amide bonds. The maximum absolute atomic E-state index is 12.5. The van der Waals surface area contributed by atoms with Crippen LogP contribution in [0.3, 0.4) is 0 Å². The fourth-order valence-corrected chi connectivity index (χ4v) is 4.28.